The molecule has 0 aliphatic rings. The molecule has 1 aromatic heterocycles. The van der Waals surface area contributed by atoms with Crippen LogP contribution in [-0.4, -0.2) is 9.97 Å². The summed E-state index contributed by atoms with van der Waals surface area (Å²) in [4.78, 5) is 8.39. The number of halogens is 3. The number of aromatic nitrogens is 2. The van der Waals surface area contributed by atoms with Gasteiger partial charge in [-0.3, -0.25) is 0 Å². The fraction of sp³-hybridized carbons (Fsp3) is 0.286. The third kappa shape index (κ3) is 3.70. The lowest BCUT2D eigenvalue weighted by Crippen LogP contribution is -2.02. The minimum absolute atomic E-state index is 0.198. The van der Waals surface area contributed by atoms with Crippen molar-refractivity contribution >= 4 is 11.6 Å². The number of nitrogens with zero attached hydrogens (tertiary/aromatic N) is 2. The van der Waals surface area contributed by atoms with Gasteiger partial charge in [-0.1, -0.05) is 31.0 Å². The summed E-state index contributed by atoms with van der Waals surface area (Å²) in [7, 11) is 0. The van der Waals surface area contributed by atoms with Crippen molar-refractivity contribution in [3.63, 3.8) is 0 Å². The molecule has 19 heavy (non-hydrogen) atoms. The molecule has 100 valence electrons. The van der Waals surface area contributed by atoms with Crippen molar-refractivity contribution in [2.45, 2.75) is 26.2 Å². The average molecular weight is 283 g/mol. The van der Waals surface area contributed by atoms with E-state index in [1.165, 1.54) is 12.1 Å². The minimum Gasteiger partial charge on any atom is -0.237 e. The highest BCUT2D eigenvalue weighted by Gasteiger charge is 2.09. The Morgan fingerprint density at radius 2 is 1.95 bits per heavy atom. The van der Waals surface area contributed by atoms with E-state index in [4.69, 9.17) is 11.6 Å². The highest BCUT2D eigenvalue weighted by atomic mass is 35.5. The van der Waals surface area contributed by atoms with Gasteiger partial charge in [0.2, 0.25) is 0 Å². The van der Waals surface area contributed by atoms with E-state index in [1.54, 1.807) is 6.07 Å². The van der Waals surface area contributed by atoms with Crippen LogP contribution in [0.2, 0.25) is 5.15 Å². The van der Waals surface area contributed by atoms with Crippen LogP contribution in [0.3, 0.4) is 0 Å². The van der Waals surface area contributed by atoms with Gasteiger partial charge in [-0.2, -0.15) is 0 Å². The lowest BCUT2D eigenvalue weighted by molar-refractivity contribution is 0.573. The van der Waals surface area contributed by atoms with Gasteiger partial charge >= 0.3 is 0 Å². The van der Waals surface area contributed by atoms with Crippen LogP contribution in [0.15, 0.2) is 24.3 Å². The second-order valence-electron chi connectivity index (χ2n) is 4.26. The van der Waals surface area contributed by atoms with Crippen molar-refractivity contribution in [2.24, 2.45) is 0 Å². The normalized spacial score (nSPS) is 10.7. The van der Waals surface area contributed by atoms with Crippen LogP contribution >= 0.6 is 11.6 Å². The summed E-state index contributed by atoms with van der Waals surface area (Å²) in [6.45, 7) is 2.04. The van der Waals surface area contributed by atoms with Crippen LogP contribution in [0, 0.1) is 11.6 Å². The van der Waals surface area contributed by atoms with Gasteiger partial charge in [-0.05, 0) is 24.1 Å². The molecule has 0 radical (unpaired) electrons. The summed E-state index contributed by atoms with van der Waals surface area (Å²) < 4.78 is 26.4. The fourth-order valence-corrected chi connectivity index (χ4v) is 2.04. The molecular formula is C14H13ClF2N2. The summed E-state index contributed by atoms with van der Waals surface area (Å²) in [6.07, 6.45) is 1.93. The second kappa shape index (κ2) is 6.06. The molecule has 0 saturated heterocycles. The Bertz CT molecular complexity index is 588. The Kier molecular flexibility index (Phi) is 4.43. The van der Waals surface area contributed by atoms with Gasteiger partial charge in [0.05, 0.1) is 0 Å². The molecule has 1 heterocycles. The SMILES string of the molecule is CCCc1cc(Cl)nc(Cc2ccc(F)cc2F)n1. The summed E-state index contributed by atoms with van der Waals surface area (Å²) in [5, 5.41) is 0.343. The lowest BCUT2D eigenvalue weighted by atomic mass is 10.1. The molecule has 0 N–H and O–H groups in total. The predicted molar refractivity (Wildman–Crippen MR) is 70.2 cm³/mol. The number of benzene rings is 1. The van der Waals surface area contributed by atoms with Crippen molar-refractivity contribution < 1.29 is 8.78 Å². The van der Waals surface area contributed by atoms with Crippen LogP contribution in [0.5, 0.6) is 0 Å². The molecule has 0 unspecified atom stereocenters. The van der Waals surface area contributed by atoms with E-state index in [2.05, 4.69) is 9.97 Å². The molecule has 0 fully saturated rings. The summed E-state index contributed by atoms with van der Waals surface area (Å²) in [5.74, 6) is -0.748. The predicted octanol–water partition coefficient (Wildman–Crippen LogP) is 3.95. The van der Waals surface area contributed by atoms with Crippen LogP contribution in [0.1, 0.15) is 30.4 Å². The van der Waals surface area contributed by atoms with Crippen molar-refractivity contribution in [2.75, 3.05) is 0 Å². The van der Waals surface area contributed by atoms with E-state index >= 15 is 0 Å². The Morgan fingerprint density at radius 3 is 2.63 bits per heavy atom. The van der Waals surface area contributed by atoms with E-state index in [1.807, 2.05) is 6.92 Å². The van der Waals surface area contributed by atoms with Crippen LogP contribution in [-0.2, 0) is 12.8 Å². The number of hydrogen-bond acceptors (Lipinski definition) is 2. The molecule has 2 nitrogen and oxygen atoms in total. The Hall–Kier alpha value is -1.55. The molecule has 0 aliphatic carbocycles. The van der Waals surface area contributed by atoms with Crippen molar-refractivity contribution in [3.05, 3.63) is 58.1 Å². The standard InChI is InChI=1S/C14H13ClF2N2/c1-2-3-11-8-13(15)19-14(18-11)6-9-4-5-10(16)7-12(9)17/h4-5,7-8H,2-3,6H2,1H3. The average Bonchev–Trinajstić information content (AvgIpc) is 2.32. The first-order chi connectivity index (χ1) is 9.08. The zero-order valence-corrected chi connectivity index (χ0v) is 11.2. The maximum atomic E-state index is 13.6. The van der Waals surface area contributed by atoms with Crippen LogP contribution in [0.25, 0.3) is 0 Å². The van der Waals surface area contributed by atoms with Gasteiger partial charge in [0, 0.05) is 18.2 Å². The quantitative estimate of drug-likeness (QED) is 0.794. The van der Waals surface area contributed by atoms with E-state index in [-0.39, 0.29) is 6.42 Å². The number of aryl methyl sites for hydroxylation is 1. The van der Waals surface area contributed by atoms with Crippen LogP contribution < -0.4 is 0 Å². The monoisotopic (exact) mass is 282 g/mol. The number of rotatable bonds is 4. The minimum atomic E-state index is -0.597. The van der Waals surface area contributed by atoms with Gasteiger partial charge in [-0.25, -0.2) is 18.7 Å². The Labute approximate surface area is 115 Å². The van der Waals surface area contributed by atoms with Gasteiger partial charge in [0.15, 0.2) is 0 Å². The molecule has 0 bridgehead atoms. The van der Waals surface area contributed by atoms with E-state index in [0.29, 0.717) is 16.5 Å². The first kappa shape index (κ1) is 13.9. The topological polar surface area (TPSA) is 25.8 Å². The highest BCUT2D eigenvalue weighted by molar-refractivity contribution is 6.29. The summed E-state index contributed by atoms with van der Waals surface area (Å²) >= 11 is 5.91. The van der Waals surface area contributed by atoms with Crippen molar-refractivity contribution in [1.82, 2.24) is 9.97 Å². The van der Waals surface area contributed by atoms with Gasteiger partial charge in [-0.15, -0.1) is 0 Å². The molecule has 5 heteroatoms. The molecule has 0 saturated carbocycles. The first-order valence-electron chi connectivity index (χ1n) is 6.04. The Balaban J connectivity index is 2.27. The molecular weight excluding hydrogens is 270 g/mol. The summed E-state index contributed by atoms with van der Waals surface area (Å²) in [6, 6.07) is 5.17. The Morgan fingerprint density at radius 1 is 1.16 bits per heavy atom. The molecule has 0 atom stereocenters. The zero-order valence-electron chi connectivity index (χ0n) is 10.5. The second-order valence-corrected chi connectivity index (χ2v) is 4.65. The van der Waals surface area contributed by atoms with Crippen molar-refractivity contribution in [1.29, 1.82) is 0 Å². The van der Waals surface area contributed by atoms with Gasteiger partial charge in [0.1, 0.15) is 22.6 Å². The third-order valence-electron chi connectivity index (χ3n) is 2.66. The van der Waals surface area contributed by atoms with Crippen LogP contribution in [0.4, 0.5) is 8.78 Å². The van der Waals surface area contributed by atoms with E-state index in [9.17, 15) is 8.78 Å². The van der Waals surface area contributed by atoms with Gasteiger partial charge in [0.25, 0.3) is 0 Å². The van der Waals surface area contributed by atoms with E-state index < -0.39 is 11.6 Å². The highest BCUT2D eigenvalue weighted by Crippen LogP contribution is 2.15. The molecule has 0 aliphatic heterocycles. The third-order valence-corrected chi connectivity index (χ3v) is 2.86. The smallest absolute Gasteiger partial charge is 0.134 e. The molecule has 2 rings (SSSR count). The van der Waals surface area contributed by atoms with E-state index in [0.717, 1.165) is 24.6 Å². The molecule has 0 spiro atoms. The summed E-state index contributed by atoms with van der Waals surface area (Å²) in [5.41, 5.74) is 1.19. The van der Waals surface area contributed by atoms with Gasteiger partial charge < -0.3 is 0 Å². The zero-order chi connectivity index (χ0) is 13.8. The molecule has 0 amide bonds. The van der Waals surface area contributed by atoms with Crippen molar-refractivity contribution in [3.8, 4) is 0 Å². The maximum Gasteiger partial charge on any atom is 0.134 e. The maximum absolute atomic E-state index is 13.6. The fourth-order valence-electron chi connectivity index (χ4n) is 1.81. The lowest BCUT2D eigenvalue weighted by Gasteiger charge is -2.05. The number of hydrogen-bond donors (Lipinski definition) is 0. The molecule has 2 aromatic rings. The first-order valence-corrected chi connectivity index (χ1v) is 6.42. The largest absolute Gasteiger partial charge is 0.237 e. The molecule has 1 aromatic carbocycles.